The van der Waals surface area contributed by atoms with Crippen LogP contribution in [0.3, 0.4) is 0 Å². The van der Waals surface area contributed by atoms with Crippen LogP contribution in [0, 0.1) is 0 Å². The molecule has 1 unspecified atom stereocenters. The van der Waals surface area contributed by atoms with Crippen LogP contribution in [-0.4, -0.2) is 0 Å². The van der Waals surface area contributed by atoms with Crippen molar-refractivity contribution >= 4 is 21.9 Å². The summed E-state index contributed by atoms with van der Waals surface area (Å²) in [5.74, 6) is 0.353. The Morgan fingerprint density at radius 2 is 1.09 bits per heavy atom. The molecule has 0 saturated carbocycles. The van der Waals surface area contributed by atoms with Gasteiger partial charge in [-0.05, 0) is 67.3 Å². The maximum Gasteiger partial charge on any atom is 0.0143 e. The second kappa shape index (κ2) is 6.80. The molecular weight excluding hydrogens is 384 g/mol. The fraction of sp³-hybridized carbons (Fsp3) is 0.0625. The number of allylic oxidation sites excluding steroid dienone is 1. The summed E-state index contributed by atoms with van der Waals surface area (Å²) in [6.45, 7) is 0. The van der Waals surface area contributed by atoms with Crippen molar-refractivity contribution in [3.63, 3.8) is 0 Å². The highest BCUT2D eigenvalue weighted by molar-refractivity contribution is 6.15. The zero-order chi connectivity index (χ0) is 21.1. The molecule has 0 heteroatoms. The first-order valence-corrected chi connectivity index (χ1v) is 11.4. The quantitative estimate of drug-likeness (QED) is 0.259. The van der Waals surface area contributed by atoms with Crippen LogP contribution in [0.1, 0.15) is 33.7 Å². The molecule has 5 aromatic rings. The van der Waals surface area contributed by atoms with Crippen molar-refractivity contribution in [3.8, 4) is 11.1 Å². The van der Waals surface area contributed by atoms with Gasteiger partial charge in [0.15, 0.2) is 0 Å². The lowest BCUT2D eigenvalue weighted by molar-refractivity contribution is 0.899. The van der Waals surface area contributed by atoms with Crippen molar-refractivity contribution in [2.24, 2.45) is 0 Å². The fourth-order valence-electron chi connectivity index (χ4n) is 5.88. The SMILES string of the molecule is c1ccc(C2Cc3ccc4ccccc4c3C2=C2c3ccccc3-c3ccccc32)cc1. The first-order chi connectivity index (χ1) is 15.9. The molecule has 150 valence electrons. The van der Waals surface area contributed by atoms with Gasteiger partial charge in [0.05, 0.1) is 0 Å². The molecule has 0 aliphatic heterocycles. The van der Waals surface area contributed by atoms with Crippen molar-refractivity contribution in [1.29, 1.82) is 0 Å². The van der Waals surface area contributed by atoms with Crippen LogP contribution in [0.5, 0.6) is 0 Å². The molecule has 2 aliphatic carbocycles. The summed E-state index contributed by atoms with van der Waals surface area (Å²) >= 11 is 0. The minimum Gasteiger partial charge on any atom is -0.0622 e. The van der Waals surface area contributed by atoms with Gasteiger partial charge in [-0.3, -0.25) is 0 Å². The molecule has 0 saturated heterocycles. The summed E-state index contributed by atoms with van der Waals surface area (Å²) < 4.78 is 0. The van der Waals surface area contributed by atoms with E-state index in [1.54, 1.807) is 0 Å². The maximum atomic E-state index is 2.36. The van der Waals surface area contributed by atoms with Gasteiger partial charge in [-0.2, -0.15) is 0 Å². The molecular formula is C32H22. The molecule has 0 fully saturated rings. The highest BCUT2D eigenvalue weighted by Crippen LogP contribution is 2.55. The molecule has 0 aromatic heterocycles. The summed E-state index contributed by atoms with van der Waals surface area (Å²) in [4.78, 5) is 0. The molecule has 0 heterocycles. The van der Waals surface area contributed by atoms with Crippen LogP contribution in [0.2, 0.25) is 0 Å². The standard InChI is InChI=1S/C32H22/c1-2-10-21(11-3-1)29-20-23-19-18-22-12-4-5-13-24(22)30(23)32(29)31-27-16-8-6-14-25(27)26-15-7-9-17-28(26)31/h1-19,29H,20H2. The number of rotatable bonds is 1. The number of fused-ring (bicyclic) bond motifs is 6. The van der Waals surface area contributed by atoms with Gasteiger partial charge in [0.25, 0.3) is 0 Å². The Balaban J connectivity index is 1.65. The number of hydrogen-bond donors (Lipinski definition) is 0. The summed E-state index contributed by atoms with van der Waals surface area (Å²) in [5, 5.41) is 2.69. The van der Waals surface area contributed by atoms with Crippen LogP contribution in [0.25, 0.3) is 33.0 Å². The minimum absolute atomic E-state index is 0.353. The smallest absolute Gasteiger partial charge is 0.0143 e. The van der Waals surface area contributed by atoms with E-state index in [-0.39, 0.29) is 0 Å². The third-order valence-corrected chi connectivity index (χ3v) is 7.21. The van der Waals surface area contributed by atoms with E-state index in [9.17, 15) is 0 Å². The lowest BCUT2D eigenvalue weighted by Crippen LogP contribution is -2.00. The summed E-state index contributed by atoms with van der Waals surface area (Å²) in [6, 6.07) is 42.4. The third kappa shape index (κ3) is 2.44. The van der Waals surface area contributed by atoms with E-state index in [1.807, 2.05) is 0 Å². The zero-order valence-corrected chi connectivity index (χ0v) is 17.8. The average Bonchev–Trinajstić information content (AvgIpc) is 3.40. The summed E-state index contributed by atoms with van der Waals surface area (Å²) in [5.41, 5.74) is 12.6. The van der Waals surface area contributed by atoms with Crippen molar-refractivity contribution < 1.29 is 0 Å². The van der Waals surface area contributed by atoms with Gasteiger partial charge in [0.1, 0.15) is 0 Å². The van der Waals surface area contributed by atoms with E-state index in [2.05, 4.69) is 115 Å². The van der Waals surface area contributed by atoms with Gasteiger partial charge >= 0.3 is 0 Å². The van der Waals surface area contributed by atoms with E-state index in [4.69, 9.17) is 0 Å². The highest BCUT2D eigenvalue weighted by atomic mass is 14.4. The van der Waals surface area contributed by atoms with Gasteiger partial charge in [-0.25, -0.2) is 0 Å². The Bertz CT molecular complexity index is 1490. The van der Waals surface area contributed by atoms with E-state index in [0.717, 1.165) is 6.42 Å². The van der Waals surface area contributed by atoms with Crippen molar-refractivity contribution in [2.75, 3.05) is 0 Å². The normalized spacial score (nSPS) is 16.2. The van der Waals surface area contributed by atoms with Gasteiger partial charge < -0.3 is 0 Å². The lowest BCUT2D eigenvalue weighted by Gasteiger charge is -2.19. The van der Waals surface area contributed by atoms with Gasteiger partial charge in [-0.15, -0.1) is 0 Å². The Morgan fingerprint density at radius 1 is 0.500 bits per heavy atom. The molecule has 0 amide bonds. The van der Waals surface area contributed by atoms with Crippen LogP contribution in [0.4, 0.5) is 0 Å². The molecule has 0 spiro atoms. The second-order valence-electron chi connectivity index (χ2n) is 8.87. The van der Waals surface area contributed by atoms with Gasteiger partial charge in [0, 0.05) is 5.92 Å². The van der Waals surface area contributed by atoms with Crippen molar-refractivity contribution in [3.05, 3.63) is 143 Å². The fourth-order valence-corrected chi connectivity index (χ4v) is 5.88. The monoisotopic (exact) mass is 406 g/mol. The molecule has 0 radical (unpaired) electrons. The summed E-state index contributed by atoms with van der Waals surface area (Å²) in [6.07, 6.45) is 1.05. The van der Waals surface area contributed by atoms with Gasteiger partial charge in [-0.1, -0.05) is 115 Å². The van der Waals surface area contributed by atoms with Crippen molar-refractivity contribution in [1.82, 2.24) is 0 Å². The average molecular weight is 407 g/mol. The van der Waals surface area contributed by atoms with Crippen molar-refractivity contribution in [2.45, 2.75) is 12.3 Å². The highest BCUT2D eigenvalue weighted by Gasteiger charge is 2.35. The largest absolute Gasteiger partial charge is 0.0622 e. The van der Waals surface area contributed by atoms with Crippen LogP contribution in [0.15, 0.2) is 115 Å². The predicted octanol–water partition coefficient (Wildman–Crippen LogP) is 8.12. The Labute approximate surface area is 188 Å². The van der Waals surface area contributed by atoms with Crippen LogP contribution in [-0.2, 0) is 6.42 Å². The Kier molecular flexibility index (Phi) is 3.77. The topological polar surface area (TPSA) is 0 Å². The lowest BCUT2D eigenvalue weighted by atomic mass is 9.84. The summed E-state index contributed by atoms with van der Waals surface area (Å²) in [7, 11) is 0. The number of benzene rings is 5. The molecule has 1 atom stereocenters. The minimum atomic E-state index is 0.353. The molecule has 0 bridgehead atoms. The van der Waals surface area contributed by atoms with Crippen LogP contribution < -0.4 is 0 Å². The molecule has 0 nitrogen and oxygen atoms in total. The maximum absolute atomic E-state index is 2.36. The zero-order valence-electron chi connectivity index (χ0n) is 17.8. The number of hydrogen-bond acceptors (Lipinski definition) is 0. The van der Waals surface area contributed by atoms with Gasteiger partial charge in [0.2, 0.25) is 0 Å². The molecule has 7 rings (SSSR count). The van der Waals surface area contributed by atoms with Crippen LogP contribution >= 0.6 is 0 Å². The van der Waals surface area contributed by atoms with E-state index < -0.39 is 0 Å². The molecule has 2 aliphatic rings. The molecule has 5 aromatic carbocycles. The first kappa shape index (κ1) is 17.7. The predicted molar refractivity (Wildman–Crippen MR) is 135 cm³/mol. The van der Waals surface area contributed by atoms with E-state index >= 15 is 0 Å². The second-order valence-corrected chi connectivity index (χ2v) is 8.87. The Hall–Kier alpha value is -3.90. The first-order valence-electron chi connectivity index (χ1n) is 11.4. The third-order valence-electron chi connectivity index (χ3n) is 7.21. The molecule has 32 heavy (non-hydrogen) atoms. The molecule has 0 N–H and O–H groups in total. The van der Waals surface area contributed by atoms with E-state index in [1.165, 1.54) is 60.9 Å². The van der Waals surface area contributed by atoms with E-state index in [0.29, 0.717) is 5.92 Å². The Morgan fingerprint density at radius 3 is 1.81 bits per heavy atom.